The summed E-state index contributed by atoms with van der Waals surface area (Å²) in [6.45, 7) is 4.02. The Morgan fingerprint density at radius 3 is 3.05 bits per heavy atom. The van der Waals surface area contributed by atoms with Gasteiger partial charge in [-0.25, -0.2) is 4.98 Å². The third-order valence-corrected chi connectivity index (χ3v) is 4.05. The summed E-state index contributed by atoms with van der Waals surface area (Å²) >= 11 is 1.40. The molecule has 0 bridgehead atoms. The van der Waals surface area contributed by atoms with Crippen LogP contribution in [0.2, 0.25) is 0 Å². The zero-order chi connectivity index (χ0) is 15.0. The second-order valence-electron chi connectivity index (χ2n) is 5.76. The number of benzene rings is 1. The molecule has 1 aromatic carbocycles. The minimum Gasteiger partial charge on any atom is -0.487 e. The number of thiazole rings is 1. The molecule has 1 aliphatic heterocycles. The zero-order valence-corrected chi connectivity index (χ0v) is 12.7. The Kier molecular flexibility index (Phi) is 3.33. The molecule has 3 rings (SSSR count). The highest BCUT2D eigenvalue weighted by Crippen LogP contribution is 2.40. The average molecular weight is 303 g/mol. The number of hydrogen-bond donors (Lipinski definition) is 2. The molecule has 2 aromatic rings. The Morgan fingerprint density at radius 1 is 1.52 bits per heavy atom. The number of nitrogens with one attached hydrogen (secondary N) is 1. The molecule has 3 N–H and O–H groups in total. The van der Waals surface area contributed by atoms with Gasteiger partial charge in [0.05, 0.1) is 11.6 Å². The first kappa shape index (κ1) is 13.9. The summed E-state index contributed by atoms with van der Waals surface area (Å²) in [5.41, 5.74) is 9.17. The van der Waals surface area contributed by atoms with Crippen molar-refractivity contribution in [2.24, 2.45) is 0 Å². The smallest absolute Gasteiger partial charge is 0.271 e. The maximum atomic E-state index is 12.2. The van der Waals surface area contributed by atoms with Gasteiger partial charge in [0.25, 0.3) is 5.91 Å². The molecule has 1 unspecified atom stereocenters. The van der Waals surface area contributed by atoms with E-state index in [0.717, 1.165) is 11.3 Å². The number of hydrogen-bond acceptors (Lipinski definition) is 5. The van der Waals surface area contributed by atoms with Gasteiger partial charge < -0.3 is 15.8 Å². The highest BCUT2D eigenvalue weighted by molar-refractivity contribution is 7.07. The van der Waals surface area contributed by atoms with Crippen molar-refractivity contribution in [1.82, 2.24) is 10.3 Å². The molecule has 21 heavy (non-hydrogen) atoms. The third kappa shape index (κ3) is 2.85. The largest absolute Gasteiger partial charge is 0.487 e. The lowest BCUT2D eigenvalue weighted by molar-refractivity contribution is 0.0619. The van der Waals surface area contributed by atoms with Gasteiger partial charge in [0.15, 0.2) is 0 Å². The third-order valence-electron chi connectivity index (χ3n) is 3.46. The number of nitrogen functional groups attached to an aromatic ring is 1. The van der Waals surface area contributed by atoms with E-state index in [-0.39, 0.29) is 17.6 Å². The minimum absolute atomic E-state index is 0.138. The molecule has 0 fully saturated rings. The Hall–Kier alpha value is -2.08. The molecule has 1 aliphatic rings. The van der Waals surface area contributed by atoms with Crippen LogP contribution in [0.4, 0.5) is 5.69 Å². The molecule has 0 spiro atoms. The van der Waals surface area contributed by atoms with Crippen LogP contribution >= 0.6 is 11.3 Å². The number of amides is 1. The molecule has 1 atom stereocenters. The van der Waals surface area contributed by atoms with Gasteiger partial charge in [0.2, 0.25) is 0 Å². The topological polar surface area (TPSA) is 77.2 Å². The SMILES string of the molecule is CC1(C)CC(NC(=O)c2cscn2)c2cc(N)ccc2O1. The number of carbonyl (C=O) groups excluding carboxylic acids is 1. The molecular weight excluding hydrogens is 286 g/mol. The van der Waals surface area contributed by atoms with Gasteiger partial charge in [-0.1, -0.05) is 0 Å². The second-order valence-corrected chi connectivity index (χ2v) is 6.48. The number of anilines is 1. The number of carbonyl (C=O) groups is 1. The van der Waals surface area contributed by atoms with E-state index in [2.05, 4.69) is 10.3 Å². The van der Waals surface area contributed by atoms with E-state index in [1.54, 1.807) is 17.0 Å². The number of ether oxygens (including phenoxy) is 1. The van der Waals surface area contributed by atoms with Gasteiger partial charge in [-0.15, -0.1) is 11.3 Å². The summed E-state index contributed by atoms with van der Waals surface area (Å²) in [5.74, 6) is 0.594. The van der Waals surface area contributed by atoms with E-state index >= 15 is 0 Å². The Morgan fingerprint density at radius 2 is 2.33 bits per heavy atom. The fourth-order valence-corrected chi connectivity index (χ4v) is 3.09. The van der Waals surface area contributed by atoms with Crippen molar-refractivity contribution in [3.63, 3.8) is 0 Å². The monoisotopic (exact) mass is 303 g/mol. The number of fused-ring (bicyclic) bond motifs is 1. The maximum absolute atomic E-state index is 12.2. The van der Waals surface area contributed by atoms with Crippen molar-refractivity contribution >= 4 is 22.9 Å². The second kappa shape index (κ2) is 5.04. The van der Waals surface area contributed by atoms with Crippen molar-refractivity contribution in [1.29, 1.82) is 0 Å². The van der Waals surface area contributed by atoms with Crippen LogP contribution < -0.4 is 15.8 Å². The Bertz CT molecular complexity index is 668. The summed E-state index contributed by atoms with van der Waals surface area (Å²) in [6.07, 6.45) is 0.680. The van der Waals surface area contributed by atoms with Crippen molar-refractivity contribution in [3.8, 4) is 5.75 Å². The minimum atomic E-state index is -0.344. The van der Waals surface area contributed by atoms with Gasteiger partial charge in [-0.2, -0.15) is 0 Å². The predicted octanol–water partition coefficient (Wildman–Crippen LogP) is 2.76. The highest BCUT2D eigenvalue weighted by atomic mass is 32.1. The number of nitrogens with two attached hydrogens (primary N) is 1. The van der Waals surface area contributed by atoms with E-state index in [4.69, 9.17) is 10.5 Å². The fraction of sp³-hybridized carbons (Fsp3) is 0.333. The summed E-state index contributed by atoms with van der Waals surface area (Å²) in [7, 11) is 0. The van der Waals surface area contributed by atoms with Crippen molar-refractivity contribution in [3.05, 3.63) is 40.3 Å². The van der Waals surface area contributed by atoms with Crippen LogP contribution in [0.5, 0.6) is 5.75 Å². The lowest BCUT2D eigenvalue weighted by atomic mass is 9.89. The summed E-state index contributed by atoms with van der Waals surface area (Å²) in [5, 5.41) is 4.77. The zero-order valence-electron chi connectivity index (χ0n) is 11.9. The quantitative estimate of drug-likeness (QED) is 0.836. The number of rotatable bonds is 2. The fourth-order valence-electron chi connectivity index (χ4n) is 2.56. The van der Waals surface area contributed by atoms with Crippen LogP contribution in [0.15, 0.2) is 29.1 Å². The van der Waals surface area contributed by atoms with Crippen molar-refractivity contribution in [2.75, 3.05) is 5.73 Å². The normalized spacial score (nSPS) is 19.4. The predicted molar refractivity (Wildman–Crippen MR) is 82.5 cm³/mol. The molecule has 0 radical (unpaired) electrons. The van der Waals surface area contributed by atoms with Crippen molar-refractivity contribution < 1.29 is 9.53 Å². The van der Waals surface area contributed by atoms with Gasteiger partial charge in [0, 0.05) is 23.1 Å². The average Bonchev–Trinajstić information content (AvgIpc) is 2.93. The van der Waals surface area contributed by atoms with E-state index in [1.165, 1.54) is 11.3 Å². The van der Waals surface area contributed by atoms with E-state index in [9.17, 15) is 4.79 Å². The van der Waals surface area contributed by atoms with Gasteiger partial charge in [-0.05, 0) is 32.0 Å². The first-order chi connectivity index (χ1) is 9.94. The molecule has 0 aliphatic carbocycles. The number of aromatic nitrogens is 1. The van der Waals surface area contributed by atoms with Crippen molar-refractivity contribution in [2.45, 2.75) is 31.9 Å². The van der Waals surface area contributed by atoms with Gasteiger partial charge in [-0.3, -0.25) is 4.79 Å². The van der Waals surface area contributed by atoms with Crippen LogP contribution in [-0.4, -0.2) is 16.5 Å². The molecule has 5 nitrogen and oxygen atoms in total. The Labute approximate surface area is 127 Å². The molecule has 110 valence electrons. The maximum Gasteiger partial charge on any atom is 0.271 e. The van der Waals surface area contributed by atoms with E-state index in [1.807, 2.05) is 26.0 Å². The van der Waals surface area contributed by atoms with Crippen LogP contribution in [0.25, 0.3) is 0 Å². The molecule has 2 heterocycles. The standard InChI is InChI=1S/C15H17N3O2S/c1-15(2)6-11(18-14(19)12-7-21-8-17-12)10-5-9(16)3-4-13(10)20-15/h3-5,7-8,11H,6,16H2,1-2H3,(H,18,19). The van der Waals surface area contributed by atoms with Crippen LogP contribution in [0.3, 0.4) is 0 Å². The molecule has 6 heteroatoms. The number of nitrogens with zero attached hydrogens (tertiary/aromatic N) is 1. The molecule has 0 saturated carbocycles. The molecule has 0 saturated heterocycles. The summed E-state index contributed by atoms with van der Waals surface area (Å²) in [6, 6.07) is 5.38. The highest BCUT2D eigenvalue weighted by Gasteiger charge is 2.34. The Balaban J connectivity index is 1.91. The van der Waals surface area contributed by atoms with E-state index < -0.39 is 0 Å². The molecular formula is C15H17N3O2S. The summed E-state index contributed by atoms with van der Waals surface area (Å²) in [4.78, 5) is 16.3. The van der Waals surface area contributed by atoms with Gasteiger partial charge >= 0.3 is 0 Å². The first-order valence-corrected chi connectivity index (χ1v) is 7.66. The lowest BCUT2D eigenvalue weighted by Gasteiger charge is -2.38. The molecule has 1 aromatic heterocycles. The van der Waals surface area contributed by atoms with Crippen LogP contribution in [-0.2, 0) is 0 Å². The first-order valence-electron chi connectivity index (χ1n) is 6.72. The van der Waals surface area contributed by atoms with Crippen LogP contribution in [0, 0.1) is 0 Å². The lowest BCUT2D eigenvalue weighted by Crippen LogP contribution is -2.41. The van der Waals surface area contributed by atoms with Gasteiger partial charge in [0.1, 0.15) is 17.0 Å². The molecule has 1 amide bonds. The summed E-state index contributed by atoms with van der Waals surface area (Å²) < 4.78 is 5.96. The van der Waals surface area contributed by atoms with E-state index in [0.29, 0.717) is 17.8 Å². The van der Waals surface area contributed by atoms with Crippen LogP contribution in [0.1, 0.15) is 42.4 Å².